The number of fused-ring (bicyclic) bond motifs is 1. The van der Waals surface area contributed by atoms with E-state index in [1.165, 1.54) is 41.3 Å². The van der Waals surface area contributed by atoms with E-state index in [4.69, 9.17) is 4.74 Å². The summed E-state index contributed by atoms with van der Waals surface area (Å²) in [7, 11) is 0. The fourth-order valence-corrected chi connectivity index (χ4v) is 3.52. The van der Waals surface area contributed by atoms with Crippen molar-refractivity contribution in [3.63, 3.8) is 0 Å². The molecule has 3 rings (SSSR count). The number of hydrogen-bond donors (Lipinski definition) is 1. The lowest BCUT2D eigenvalue weighted by Crippen LogP contribution is -2.38. The molecule has 0 amide bonds. The van der Waals surface area contributed by atoms with E-state index in [2.05, 4.69) is 39.4 Å². The number of ether oxygens (including phenoxy) is 1. The van der Waals surface area contributed by atoms with Crippen molar-refractivity contribution in [1.82, 2.24) is 5.32 Å². The molecule has 1 fully saturated rings. The fraction of sp³-hybridized carbons (Fsp3) is 0.571. The zero-order chi connectivity index (χ0) is 11.7. The predicted molar refractivity (Wildman–Crippen MR) is 72.2 cm³/mol. The molecule has 2 nitrogen and oxygen atoms in total. The Bertz CT molecular complexity index is 401. The predicted octanol–water partition coefficient (Wildman–Crippen LogP) is 3.21. The summed E-state index contributed by atoms with van der Waals surface area (Å²) >= 11 is 3.65. The maximum Gasteiger partial charge on any atom is 0.0619 e. The van der Waals surface area contributed by atoms with Crippen LogP contribution in [0.2, 0.25) is 0 Å². The highest BCUT2D eigenvalue weighted by atomic mass is 79.9. The Morgan fingerprint density at radius 2 is 2.24 bits per heavy atom. The summed E-state index contributed by atoms with van der Waals surface area (Å²) in [5, 5.41) is 3.76. The zero-order valence-corrected chi connectivity index (χ0v) is 11.5. The molecule has 0 radical (unpaired) electrons. The van der Waals surface area contributed by atoms with Crippen LogP contribution in [0.3, 0.4) is 0 Å². The van der Waals surface area contributed by atoms with Crippen LogP contribution in [-0.4, -0.2) is 19.3 Å². The molecule has 1 heterocycles. The highest BCUT2D eigenvalue weighted by Gasteiger charge is 2.26. The van der Waals surface area contributed by atoms with Gasteiger partial charge in [0, 0.05) is 23.2 Å². The molecule has 0 saturated carbocycles. The van der Waals surface area contributed by atoms with E-state index >= 15 is 0 Å². The van der Waals surface area contributed by atoms with E-state index < -0.39 is 0 Å². The first-order chi connectivity index (χ1) is 8.34. The summed E-state index contributed by atoms with van der Waals surface area (Å²) < 4.78 is 6.80. The van der Waals surface area contributed by atoms with E-state index in [1.54, 1.807) is 0 Å². The van der Waals surface area contributed by atoms with Crippen LogP contribution in [0, 0.1) is 0 Å². The second-order valence-corrected chi connectivity index (χ2v) is 5.83. The Morgan fingerprint density at radius 1 is 1.29 bits per heavy atom. The Kier molecular flexibility index (Phi) is 3.50. The van der Waals surface area contributed by atoms with Crippen LogP contribution < -0.4 is 5.32 Å². The van der Waals surface area contributed by atoms with E-state index in [9.17, 15) is 0 Å². The van der Waals surface area contributed by atoms with Crippen molar-refractivity contribution in [1.29, 1.82) is 0 Å². The molecule has 1 saturated heterocycles. The third-order valence-electron chi connectivity index (χ3n) is 3.81. The SMILES string of the molecule is Brc1cccc2c1CCC2NC1CCCOC1. The van der Waals surface area contributed by atoms with Gasteiger partial charge in [-0.05, 0) is 42.9 Å². The number of benzene rings is 1. The van der Waals surface area contributed by atoms with E-state index in [1.807, 2.05) is 0 Å². The van der Waals surface area contributed by atoms with Crippen LogP contribution in [0.5, 0.6) is 0 Å². The van der Waals surface area contributed by atoms with Crippen molar-refractivity contribution in [3.8, 4) is 0 Å². The lowest BCUT2D eigenvalue weighted by Gasteiger charge is -2.27. The minimum atomic E-state index is 0.522. The smallest absolute Gasteiger partial charge is 0.0619 e. The fourth-order valence-electron chi connectivity index (χ4n) is 2.94. The van der Waals surface area contributed by atoms with Gasteiger partial charge in [0.2, 0.25) is 0 Å². The van der Waals surface area contributed by atoms with Crippen LogP contribution in [0.25, 0.3) is 0 Å². The third kappa shape index (κ3) is 2.42. The molecule has 3 heteroatoms. The first kappa shape index (κ1) is 11.7. The Balaban J connectivity index is 1.72. The topological polar surface area (TPSA) is 21.3 Å². The average molecular weight is 296 g/mol. The van der Waals surface area contributed by atoms with Gasteiger partial charge in [0.15, 0.2) is 0 Å². The molecule has 17 heavy (non-hydrogen) atoms. The molecule has 0 spiro atoms. The quantitative estimate of drug-likeness (QED) is 0.905. The highest BCUT2D eigenvalue weighted by Crippen LogP contribution is 2.36. The molecule has 0 aromatic heterocycles. The summed E-state index contributed by atoms with van der Waals surface area (Å²) in [5.41, 5.74) is 2.96. The van der Waals surface area contributed by atoms with Crippen LogP contribution in [0.1, 0.15) is 36.4 Å². The summed E-state index contributed by atoms with van der Waals surface area (Å²) in [6, 6.07) is 7.60. The van der Waals surface area contributed by atoms with Gasteiger partial charge < -0.3 is 10.1 Å². The second-order valence-electron chi connectivity index (χ2n) is 4.98. The molecular weight excluding hydrogens is 278 g/mol. The molecule has 1 aromatic rings. The van der Waals surface area contributed by atoms with Gasteiger partial charge in [-0.15, -0.1) is 0 Å². The summed E-state index contributed by atoms with van der Waals surface area (Å²) in [6.07, 6.45) is 4.84. The zero-order valence-electron chi connectivity index (χ0n) is 9.92. The molecule has 1 N–H and O–H groups in total. The number of rotatable bonds is 2. The maximum absolute atomic E-state index is 5.53. The molecule has 92 valence electrons. The van der Waals surface area contributed by atoms with Gasteiger partial charge in [-0.1, -0.05) is 28.1 Å². The Labute approximate surface area is 111 Å². The summed E-state index contributed by atoms with van der Waals surface area (Å²) in [5.74, 6) is 0. The maximum atomic E-state index is 5.53. The molecule has 2 unspecified atom stereocenters. The second kappa shape index (κ2) is 5.09. The van der Waals surface area contributed by atoms with E-state index in [0.717, 1.165) is 13.2 Å². The van der Waals surface area contributed by atoms with Crippen molar-refractivity contribution >= 4 is 15.9 Å². The minimum absolute atomic E-state index is 0.522. The van der Waals surface area contributed by atoms with Crippen molar-refractivity contribution in [2.75, 3.05) is 13.2 Å². The molecule has 1 aromatic carbocycles. The van der Waals surface area contributed by atoms with E-state index in [-0.39, 0.29) is 0 Å². The van der Waals surface area contributed by atoms with E-state index in [0.29, 0.717) is 12.1 Å². The summed E-state index contributed by atoms with van der Waals surface area (Å²) in [6.45, 7) is 1.81. The van der Waals surface area contributed by atoms with Gasteiger partial charge in [-0.3, -0.25) is 0 Å². The van der Waals surface area contributed by atoms with Crippen molar-refractivity contribution in [3.05, 3.63) is 33.8 Å². The number of nitrogens with one attached hydrogen (secondary N) is 1. The monoisotopic (exact) mass is 295 g/mol. The van der Waals surface area contributed by atoms with Crippen molar-refractivity contribution in [2.45, 2.75) is 37.8 Å². The third-order valence-corrected chi connectivity index (χ3v) is 4.55. The van der Waals surface area contributed by atoms with Crippen LogP contribution in [0.15, 0.2) is 22.7 Å². The first-order valence-electron chi connectivity index (χ1n) is 6.45. The Hall–Kier alpha value is -0.380. The van der Waals surface area contributed by atoms with Gasteiger partial charge in [0.05, 0.1) is 6.61 Å². The lowest BCUT2D eigenvalue weighted by molar-refractivity contribution is 0.0663. The molecule has 2 atom stereocenters. The van der Waals surface area contributed by atoms with Crippen LogP contribution >= 0.6 is 15.9 Å². The van der Waals surface area contributed by atoms with Gasteiger partial charge in [0.1, 0.15) is 0 Å². The number of halogens is 1. The minimum Gasteiger partial charge on any atom is -0.380 e. The van der Waals surface area contributed by atoms with Gasteiger partial charge >= 0.3 is 0 Å². The van der Waals surface area contributed by atoms with Gasteiger partial charge in [-0.25, -0.2) is 0 Å². The van der Waals surface area contributed by atoms with Gasteiger partial charge in [-0.2, -0.15) is 0 Å². The normalized spacial score (nSPS) is 28.1. The molecule has 0 bridgehead atoms. The Morgan fingerprint density at radius 3 is 3.06 bits per heavy atom. The van der Waals surface area contributed by atoms with Gasteiger partial charge in [0.25, 0.3) is 0 Å². The van der Waals surface area contributed by atoms with Crippen LogP contribution in [0.4, 0.5) is 0 Å². The average Bonchev–Trinajstić information content (AvgIpc) is 2.76. The van der Waals surface area contributed by atoms with Crippen molar-refractivity contribution < 1.29 is 4.74 Å². The van der Waals surface area contributed by atoms with Crippen molar-refractivity contribution in [2.24, 2.45) is 0 Å². The molecular formula is C14H18BrNO. The molecule has 2 aliphatic rings. The standard InChI is InChI=1S/C14H18BrNO/c15-13-5-1-4-12-11(13)6-7-14(12)16-10-3-2-8-17-9-10/h1,4-5,10,14,16H,2-3,6-9H2. The number of hydrogen-bond acceptors (Lipinski definition) is 2. The van der Waals surface area contributed by atoms with Crippen LogP contribution in [-0.2, 0) is 11.2 Å². The highest BCUT2D eigenvalue weighted by molar-refractivity contribution is 9.10. The lowest BCUT2D eigenvalue weighted by atomic mass is 10.1. The molecule has 1 aliphatic carbocycles. The first-order valence-corrected chi connectivity index (χ1v) is 7.25. The summed E-state index contributed by atoms with van der Waals surface area (Å²) in [4.78, 5) is 0. The largest absolute Gasteiger partial charge is 0.380 e. The molecule has 1 aliphatic heterocycles.